The standard InChI is InChI=1S/C18H30N2/c1-4-9-16-12-13-20(14-16)15(3)18(19-5-2)17-10-7-6-8-11-17/h6-8,10-11,15-16,18-19H,4-5,9,12-14H2,1-3H3. The normalized spacial score (nSPS) is 22.9. The van der Waals surface area contributed by atoms with Gasteiger partial charge < -0.3 is 5.32 Å². The molecule has 2 heteroatoms. The molecule has 3 unspecified atom stereocenters. The van der Waals surface area contributed by atoms with Crippen LogP contribution >= 0.6 is 0 Å². The summed E-state index contributed by atoms with van der Waals surface area (Å²) in [5.41, 5.74) is 1.42. The zero-order valence-corrected chi connectivity index (χ0v) is 13.3. The van der Waals surface area contributed by atoms with E-state index in [1.807, 2.05) is 0 Å². The molecule has 0 aliphatic carbocycles. The van der Waals surface area contributed by atoms with Crippen molar-refractivity contribution in [2.75, 3.05) is 19.6 Å². The molecule has 0 saturated carbocycles. The predicted molar refractivity (Wildman–Crippen MR) is 86.9 cm³/mol. The van der Waals surface area contributed by atoms with E-state index in [1.165, 1.54) is 37.9 Å². The van der Waals surface area contributed by atoms with Crippen LogP contribution in [-0.4, -0.2) is 30.6 Å². The van der Waals surface area contributed by atoms with Crippen LogP contribution in [0.1, 0.15) is 51.6 Å². The van der Waals surface area contributed by atoms with Crippen molar-refractivity contribution >= 4 is 0 Å². The van der Waals surface area contributed by atoms with Crippen LogP contribution in [0, 0.1) is 5.92 Å². The van der Waals surface area contributed by atoms with Gasteiger partial charge in [-0.25, -0.2) is 0 Å². The molecule has 0 radical (unpaired) electrons. The van der Waals surface area contributed by atoms with Crippen molar-refractivity contribution in [1.29, 1.82) is 0 Å². The maximum Gasteiger partial charge on any atom is 0.0475 e. The van der Waals surface area contributed by atoms with Crippen molar-refractivity contribution in [3.05, 3.63) is 35.9 Å². The lowest BCUT2D eigenvalue weighted by molar-refractivity contribution is 0.200. The molecule has 1 aliphatic heterocycles. The molecule has 1 fully saturated rings. The molecule has 3 atom stereocenters. The molecule has 20 heavy (non-hydrogen) atoms. The van der Waals surface area contributed by atoms with Gasteiger partial charge in [-0.3, -0.25) is 4.90 Å². The first kappa shape index (κ1) is 15.5. The molecule has 1 aromatic rings. The topological polar surface area (TPSA) is 15.3 Å². The minimum Gasteiger partial charge on any atom is -0.309 e. The summed E-state index contributed by atoms with van der Waals surface area (Å²) in [4.78, 5) is 2.68. The second-order valence-electron chi connectivity index (χ2n) is 6.12. The molecular formula is C18H30N2. The van der Waals surface area contributed by atoms with Crippen LogP contribution in [0.5, 0.6) is 0 Å². The first-order valence-corrected chi connectivity index (χ1v) is 8.28. The molecule has 2 nitrogen and oxygen atoms in total. The highest BCUT2D eigenvalue weighted by Crippen LogP contribution is 2.28. The summed E-state index contributed by atoms with van der Waals surface area (Å²) in [6, 6.07) is 11.9. The van der Waals surface area contributed by atoms with Crippen LogP contribution < -0.4 is 5.32 Å². The summed E-state index contributed by atoms with van der Waals surface area (Å²) in [6.45, 7) is 10.5. The molecular weight excluding hydrogens is 244 g/mol. The third kappa shape index (κ3) is 3.83. The van der Waals surface area contributed by atoms with Gasteiger partial charge >= 0.3 is 0 Å². The second-order valence-corrected chi connectivity index (χ2v) is 6.12. The summed E-state index contributed by atoms with van der Waals surface area (Å²) in [5.74, 6) is 0.917. The van der Waals surface area contributed by atoms with Gasteiger partial charge in [-0.15, -0.1) is 0 Å². The molecule has 1 aliphatic rings. The Balaban J connectivity index is 2.02. The van der Waals surface area contributed by atoms with Gasteiger partial charge in [0.05, 0.1) is 0 Å². The summed E-state index contributed by atoms with van der Waals surface area (Å²) >= 11 is 0. The van der Waals surface area contributed by atoms with Crippen molar-refractivity contribution in [3.63, 3.8) is 0 Å². The van der Waals surface area contributed by atoms with E-state index >= 15 is 0 Å². The maximum atomic E-state index is 3.68. The monoisotopic (exact) mass is 274 g/mol. The van der Waals surface area contributed by atoms with Crippen LogP contribution in [-0.2, 0) is 0 Å². The fourth-order valence-electron chi connectivity index (χ4n) is 3.53. The number of likely N-dealkylation sites (tertiary alicyclic amines) is 1. The highest BCUT2D eigenvalue weighted by atomic mass is 15.2. The minimum absolute atomic E-state index is 0.446. The molecule has 2 rings (SSSR count). The summed E-state index contributed by atoms with van der Waals surface area (Å²) in [7, 11) is 0. The molecule has 0 bridgehead atoms. The number of hydrogen-bond donors (Lipinski definition) is 1. The zero-order chi connectivity index (χ0) is 14.4. The van der Waals surface area contributed by atoms with E-state index in [9.17, 15) is 0 Å². The quantitative estimate of drug-likeness (QED) is 0.812. The van der Waals surface area contributed by atoms with Gasteiger partial charge in [0.25, 0.3) is 0 Å². The van der Waals surface area contributed by atoms with E-state index in [1.54, 1.807) is 0 Å². The lowest BCUT2D eigenvalue weighted by atomic mass is 9.99. The third-order valence-corrected chi connectivity index (χ3v) is 4.66. The van der Waals surface area contributed by atoms with Crippen LogP contribution in [0.25, 0.3) is 0 Å². The van der Waals surface area contributed by atoms with Crippen LogP contribution in [0.4, 0.5) is 0 Å². The Kier molecular flexibility index (Phi) is 6.06. The summed E-state index contributed by atoms with van der Waals surface area (Å²) < 4.78 is 0. The molecule has 1 aromatic carbocycles. The van der Waals surface area contributed by atoms with Crippen LogP contribution in [0.3, 0.4) is 0 Å². The number of nitrogens with one attached hydrogen (secondary N) is 1. The molecule has 1 N–H and O–H groups in total. The highest BCUT2D eigenvalue weighted by molar-refractivity contribution is 5.20. The Morgan fingerprint density at radius 2 is 2.00 bits per heavy atom. The Hall–Kier alpha value is -0.860. The molecule has 0 amide bonds. The van der Waals surface area contributed by atoms with Crippen molar-refractivity contribution in [2.45, 2.75) is 52.1 Å². The van der Waals surface area contributed by atoms with Gasteiger partial charge in [0.1, 0.15) is 0 Å². The van der Waals surface area contributed by atoms with E-state index in [-0.39, 0.29) is 0 Å². The van der Waals surface area contributed by atoms with Crippen molar-refractivity contribution in [3.8, 4) is 0 Å². The lowest BCUT2D eigenvalue weighted by Crippen LogP contribution is -2.42. The van der Waals surface area contributed by atoms with E-state index in [2.05, 4.69) is 61.3 Å². The van der Waals surface area contributed by atoms with E-state index < -0.39 is 0 Å². The Morgan fingerprint density at radius 3 is 2.65 bits per heavy atom. The smallest absolute Gasteiger partial charge is 0.0475 e. The third-order valence-electron chi connectivity index (χ3n) is 4.66. The SMILES string of the molecule is CCCC1CCN(C(C)C(NCC)c2ccccc2)C1. The first-order chi connectivity index (χ1) is 9.76. The number of likely N-dealkylation sites (N-methyl/N-ethyl adjacent to an activating group) is 1. The molecule has 1 saturated heterocycles. The van der Waals surface area contributed by atoms with Gasteiger partial charge in [0.15, 0.2) is 0 Å². The molecule has 0 spiro atoms. The predicted octanol–water partition coefficient (Wildman–Crippen LogP) is 3.85. The number of rotatable bonds is 7. The lowest BCUT2D eigenvalue weighted by Gasteiger charge is -2.33. The van der Waals surface area contributed by atoms with E-state index in [0.717, 1.165) is 12.5 Å². The van der Waals surface area contributed by atoms with Gasteiger partial charge in [-0.1, -0.05) is 50.6 Å². The number of nitrogens with zero attached hydrogens (tertiary/aromatic N) is 1. The molecule has 1 heterocycles. The molecule has 0 aromatic heterocycles. The van der Waals surface area contributed by atoms with Gasteiger partial charge in [-0.05, 0) is 44.3 Å². The van der Waals surface area contributed by atoms with Crippen LogP contribution in [0.2, 0.25) is 0 Å². The van der Waals surface area contributed by atoms with Crippen molar-refractivity contribution in [2.24, 2.45) is 5.92 Å². The second kappa shape index (κ2) is 7.80. The Morgan fingerprint density at radius 1 is 1.25 bits per heavy atom. The minimum atomic E-state index is 0.446. The van der Waals surface area contributed by atoms with E-state index in [0.29, 0.717) is 12.1 Å². The van der Waals surface area contributed by atoms with Gasteiger partial charge in [0.2, 0.25) is 0 Å². The number of hydrogen-bond acceptors (Lipinski definition) is 2. The Labute approximate surface area is 124 Å². The van der Waals surface area contributed by atoms with Crippen molar-refractivity contribution in [1.82, 2.24) is 10.2 Å². The highest BCUT2D eigenvalue weighted by Gasteiger charge is 2.30. The largest absolute Gasteiger partial charge is 0.309 e. The van der Waals surface area contributed by atoms with Gasteiger partial charge in [0, 0.05) is 18.6 Å². The fraction of sp³-hybridized carbons (Fsp3) is 0.667. The van der Waals surface area contributed by atoms with E-state index in [4.69, 9.17) is 0 Å². The fourth-order valence-corrected chi connectivity index (χ4v) is 3.53. The average molecular weight is 274 g/mol. The first-order valence-electron chi connectivity index (χ1n) is 8.28. The molecule has 112 valence electrons. The zero-order valence-electron chi connectivity index (χ0n) is 13.3. The number of benzene rings is 1. The van der Waals surface area contributed by atoms with Crippen LogP contribution in [0.15, 0.2) is 30.3 Å². The van der Waals surface area contributed by atoms with Crippen molar-refractivity contribution < 1.29 is 0 Å². The maximum absolute atomic E-state index is 3.68. The summed E-state index contributed by atoms with van der Waals surface area (Å²) in [6.07, 6.45) is 4.09. The van der Waals surface area contributed by atoms with Gasteiger partial charge in [-0.2, -0.15) is 0 Å². The Bertz CT molecular complexity index is 376. The average Bonchev–Trinajstić information content (AvgIpc) is 2.94. The summed E-state index contributed by atoms with van der Waals surface area (Å²) in [5, 5.41) is 3.68.